The Kier molecular flexibility index (Phi) is 8.85. The van der Waals surface area contributed by atoms with Gasteiger partial charge in [0.25, 0.3) is 5.91 Å². The fraction of sp³-hybridized carbons (Fsp3) is 0.824. The largest absolute Gasteiger partial charge is 0.368 e. The first-order valence-electron chi connectivity index (χ1n) is 9.30. The van der Waals surface area contributed by atoms with Crippen LogP contribution in [-0.2, 0) is 14.4 Å². The average molecular weight is 357 g/mol. The van der Waals surface area contributed by atoms with E-state index < -0.39 is 18.0 Å². The molecule has 1 fully saturated rings. The van der Waals surface area contributed by atoms with Crippen molar-refractivity contribution in [2.75, 3.05) is 13.1 Å². The number of carbonyl (C=O) groups excluding carboxylic acids is 3. The predicted molar refractivity (Wildman–Crippen MR) is 93.6 cm³/mol. The van der Waals surface area contributed by atoms with E-state index in [2.05, 4.69) is 16.8 Å². The van der Waals surface area contributed by atoms with Crippen molar-refractivity contribution < 1.29 is 25.9 Å². The van der Waals surface area contributed by atoms with Gasteiger partial charge in [0.15, 0.2) is 6.04 Å². The van der Waals surface area contributed by atoms with Crippen molar-refractivity contribution in [1.29, 1.82) is 0 Å². The molecular formula is C17H35N5O3+2. The molecule has 1 rings (SSSR count). The summed E-state index contributed by atoms with van der Waals surface area (Å²) in [7, 11) is 0. The molecule has 1 heterocycles. The number of likely N-dealkylation sites (tertiary alicyclic amines) is 1. The number of quaternary nitrogens is 2. The molecule has 3 atom stereocenters. The Hall–Kier alpha value is -1.67. The van der Waals surface area contributed by atoms with E-state index >= 15 is 0 Å². The number of amides is 3. The summed E-state index contributed by atoms with van der Waals surface area (Å²) >= 11 is 0. The molecule has 1 saturated heterocycles. The van der Waals surface area contributed by atoms with Crippen LogP contribution in [0.4, 0.5) is 0 Å². The van der Waals surface area contributed by atoms with Gasteiger partial charge in [0.05, 0.1) is 6.54 Å². The van der Waals surface area contributed by atoms with Gasteiger partial charge in [-0.1, -0.05) is 13.8 Å². The molecule has 0 aromatic carbocycles. The molecule has 0 radical (unpaired) electrons. The van der Waals surface area contributed by atoms with Crippen molar-refractivity contribution in [3.63, 3.8) is 0 Å². The standard InChI is InChI=1S/C17H33N5O3/c1-11(2)10-13(15(20)23)21-16(24)14-7-5-9-22(14)17(25)12(19)6-3-4-8-18/h11-14H,3-10,18-19H2,1-2H3,(H2,20,23)(H,21,24)/p+2/t12-,13-,14-/m0/s1. The highest BCUT2D eigenvalue weighted by Crippen LogP contribution is 2.19. The Labute approximate surface area is 149 Å². The molecule has 0 unspecified atom stereocenters. The predicted octanol–water partition coefficient (Wildman–Crippen LogP) is -1.98. The molecule has 9 N–H and O–H groups in total. The highest BCUT2D eigenvalue weighted by atomic mass is 16.2. The SMILES string of the molecule is CC(C)C[C@H](NC(=O)[C@@H]1CCCN1C(=O)[C@@H]([NH3+])CCCC[NH3+])C(N)=O. The van der Waals surface area contributed by atoms with Crippen LogP contribution in [0.1, 0.15) is 52.4 Å². The highest BCUT2D eigenvalue weighted by molar-refractivity contribution is 5.92. The molecule has 1 aliphatic rings. The maximum atomic E-state index is 12.6. The van der Waals surface area contributed by atoms with Gasteiger partial charge < -0.3 is 27.4 Å². The number of rotatable bonds is 10. The monoisotopic (exact) mass is 357 g/mol. The number of nitrogens with zero attached hydrogens (tertiary/aromatic N) is 1. The lowest BCUT2D eigenvalue weighted by molar-refractivity contribution is -0.408. The van der Waals surface area contributed by atoms with Gasteiger partial charge in [0.2, 0.25) is 11.8 Å². The number of primary amides is 1. The molecule has 144 valence electrons. The molecule has 0 saturated carbocycles. The van der Waals surface area contributed by atoms with Gasteiger partial charge >= 0.3 is 0 Å². The third kappa shape index (κ3) is 6.62. The first-order valence-corrected chi connectivity index (χ1v) is 9.30. The minimum atomic E-state index is -0.697. The van der Waals surface area contributed by atoms with Crippen molar-refractivity contribution in [3.8, 4) is 0 Å². The van der Waals surface area contributed by atoms with Gasteiger partial charge in [-0.3, -0.25) is 14.4 Å². The van der Waals surface area contributed by atoms with Crippen LogP contribution >= 0.6 is 0 Å². The molecule has 25 heavy (non-hydrogen) atoms. The quantitative estimate of drug-likeness (QED) is 0.336. The maximum absolute atomic E-state index is 12.6. The van der Waals surface area contributed by atoms with E-state index in [-0.39, 0.29) is 23.8 Å². The summed E-state index contributed by atoms with van der Waals surface area (Å²) < 4.78 is 0. The minimum absolute atomic E-state index is 0.0822. The first kappa shape index (κ1) is 21.4. The van der Waals surface area contributed by atoms with E-state index in [9.17, 15) is 14.4 Å². The van der Waals surface area contributed by atoms with E-state index in [1.807, 2.05) is 13.8 Å². The molecule has 0 bridgehead atoms. The van der Waals surface area contributed by atoms with Crippen molar-refractivity contribution in [3.05, 3.63) is 0 Å². The van der Waals surface area contributed by atoms with E-state index in [0.29, 0.717) is 25.8 Å². The summed E-state index contributed by atoms with van der Waals surface area (Å²) in [6, 6.07) is -1.57. The van der Waals surface area contributed by atoms with Crippen molar-refractivity contribution in [1.82, 2.24) is 10.2 Å². The molecule has 8 nitrogen and oxygen atoms in total. The van der Waals surface area contributed by atoms with E-state index in [4.69, 9.17) is 5.73 Å². The van der Waals surface area contributed by atoms with Crippen molar-refractivity contribution in [2.45, 2.75) is 70.5 Å². The number of carbonyl (C=O) groups is 3. The number of unbranched alkanes of at least 4 members (excludes halogenated alkanes) is 1. The summed E-state index contributed by atoms with van der Waals surface area (Å²) in [6.45, 7) is 5.34. The summed E-state index contributed by atoms with van der Waals surface area (Å²) in [5, 5.41) is 2.73. The topological polar surface area (TPSA) is 148 Å². The van der Waals surface area contributed by atoms with Gasteiger partial charge in [-0.15, -0.1) is 0 Å². The highest BCUT2D eigenvalue weighted by Gasteiger charge is 2.38. The van der Waals surface area contributed by atoms with Crippen LogP contribution in [0.5, 0.6) is 0 Å². The maximum Gasteiger partial charge on any atom is 0.281 e. The van der Waals surface area contributed by atoms with E-state index in [0.717, 1.165) is 25.8 Å². The molecule has 1 aliphatic heterocycles. The van der Waals surface area contributed by atoms with Crippen LogP contribution < -0.4 is 22.5 Å². The zero-order valence-electron chi connectivity index (χ0n) is 15.6. The lowest BCUT2D eigenvalue weighted by Crippen LogP contribution is -2.69. The fourth-order valence-electron chi connectivity index (χ4n) is 3.21. The minimum Gasteiger partial charge on any atom is -0.368 e. The second kappa shape index (κ2) is 10.4. The fourth-order valence-corrected chi connectivity index (χ4v) is 3.21. The zero-order valence-corrected chi connectivity index (χ0v) is 15.6. The van der Waals surface area contributed by atoms with Crippen LogP contribution in [0.15, 0.2) is 0 Å². The number of hydrogen-bond donors (Lipinski definition) is 4. The number of nitrogens with two attached hydrogens (primary N) is 1. The Morgan fingerprint density at radius 1 is 1.28 bits per heavy atom. The van der Waals surface area contributed by atoms with Gasteiger partial charge in [0.1, 0.15) is 12.1 Å². The molecule has 3 amide bonds. The second-order valence-electron chi connectivity index (χ2n) is 7.33. The summed E-state index contributed by atoms with van der Waals surface area (Å²) in [4.78, 5) is 38.4. The van der Waals surface area contributed by atoms with Crippen LogP contribution in [0.25, 0.3) is 0 Å². The van der Waals surface area contributed by atoms with E-state index in [1.54, 1.807) is 4.90 Å². The summed E-state index contributed by atoms with van der Waals surface area (Å²) in [5.41, 5.74) is 13.1. The number of nitrogens with one attached hydrogen (secondary N) is 1. The van der Waals surface area contributed by atoms with Crippen LogP contribution in [0.3, 0.4) is 0 Å². The second-order valence-corrected chi connectivity index (χ2v) is 7.33. The van der Waals surface area contributed by atoms with Crippen LogP contribution in [0.2, 0.25) is 0 Å². The Morgan fingerprint density at radius 2 is 1.96 bits per heavy atom. The molecule has 0 aromatic heterocycles. The lowest BCUT2D eigenvalue weighted by Gasteiger charge is -2.27. The lowest BCUT2D eigenvalue weighted by atomic mass is 10.0. The van der Waals surface area contributed by atoms with E-state index in [1.165, 1.54) is 0 Å². The molecule has 0 aromatic rings. The Bertz CT molecular complexity index is 469. The van der Waals surface area contributed by atoms with Crippen LogP contribution in [-0.4, -0.2) is 53.8 Å². The van der Waals surface area contributed by atoms with Gasteiger partial charge in [-0.05, 0) is 38.0 Å². The average Bonchev–Trinajstić information content (AvgIpc) is 3.02. The van der Waals surface area contributed by atoms with Crippen molar-refractivity contribution in [2.24, 2.45) is 11.7 Å². The van der Waals surface area contributed by atoms with Crippen LogP contribution in [0, 0.1) is 5.92 Å². The third-order valence-electron chi connectivity index (χ3n) is 4.61. The zero-order chi connectivity index (χ0) is 19.0. The van der Waals surface area contributed by atoms with Gasteiger partial charge in [0, 0.05) is 13.0 Å². The third-order valence-corrected chi connectivity index (χ3v) is 4.61. The smallest absolute Gasteiger partial charge is 0.281 e. The van der Waals surface area contributed by atoms with Gasteiger partial charge in [-0.25, -0.2) is 0 Å². The summed E-state index contributed by atoms with van der Waals surface area (Å²) in [5.74, 6) is -0.682. The van der Waals surface area contributed by atoms with Gasteiger partial charge in [-0.2, -0.15) is 0 Å². The Morgan fingerprint density at radius 3 is 2.52 bits per heavy atom. The molecule has 0 aliphatic carbocycles. The molecular weight excluding hydrogens is 322 g/mol. The normalized spacial score (nSPS) is 19.7. The summed E-state index contributed by atoms with van der Waals surface area (Å²) in [6.07, 6.45) is 4.46. The molecule has 8 heteroatoms. The molecule has 0 spiro atoms. The van der Waals surface area contributed by atoms with Crippen molar-refractivity contribution >= 4 is 17.7 Å². The first-order chi connectivity index (χ1) is 11.8. The Balaban J connectivity index is 2.67. The number of hydrogen-bond acceptors (Lipinski definition) is 3.